The molecule has 0 saturated heterocycles. The van der Waals surface area contributed by atoms with Crippen molar-refractivity contribution in [2.75, 3.05) is 32.6 Å². The number of hydrogen-bond donors (Lipinski definition) is 1. The Hall–Kier alpha value is -1.49. The molecule has 0 aromatic heterocycles. The van der Waals surface area contributed by atoms with Gasteiger partial charge in [0, 0.05) is 24.8 Å². The SMILES string of the molecule is CCCCN(CCCC)C(=S)Nc1ccc(OC)c(OC)c1. The van der Waals surface area contributed by atoms with E-state index in [1.807, 2.05) is 18.2 Å². The maximum Gasteiger partial charge on any atom is 0.173 e. The van der Waals surface area contributed by atoms with Crippen molar-refractivity contribution in [3.05, 3.63) is 18.2 Å². The topological polar surface area (TPSA) is 33.7 Å². The average molecular weight is 324 g/mol. The Morgan fingerprint density at radius 2 is 1.64 bits per heavy atom. The third-order valence-electron chi connectivity index (χ3n) is 3.49. The number of methoxy groups -OCH3 is 2. The van der Waals surface area contributed by atoms with Crippen LogP contribution in [0.3, 0.4) is 0 Å². The summed E-state index contributed by atoms with van der Waals surface area (Å²) in [5, 5.41) is 4.08. The molecule has 0 aliphatic carbocycles. The number of unbranched alkanes of at least 4 members (excludes halogenated alkanes) is 2. The van der Waals surface area contributed by atoms with E-state index in [0.717, 1.165) is 36.7 Å². The second-order valence-corrected chi connectivity index (χ2v) is 5.58. The van der Waals surface area contributed by atoms with Crippen LogP contribution in [0.25, 0.3) is 0 Å². The molecule has 1 aromatic rings. The first-order valence-electron chi connectivity index (χ1n) is 7.94. The van der Waals surface area contributed by atoms with E-state index in [1.165, 1.54) is 12.8 Å². The molecule has 22 heavy (non-hydrogen) atoms. The van der Waals surface area contributed by atoms with Gasteiger partial charge in [-0.25, -0.2) is 0 Å². The fourth-order valence-electron chi connectivity index (χ4n) is 2.13. The molecule has 5 heteroatoms. The Labute approximate surface area is 139 Å². The maximum atomic E-state index is 5.57. The molecule has 0 spiro atoms. The van der Waals surface area contributed by atoms with Crippen LogP contribution >= 0.6 is 12.2 Å². The molecular weight excluding hydrogens is 296 g/mol. The summed E-state index contributed by atoms with van der Waals surface area (Å²) in [5.41, 5.74) is 0.917. The summed E-state index contributed by atoms with van der Waals surface area (Å²) in [7, 11) is 3.27. The van der Waals surface area contributed by atoms with E-state index >= 15 is 0 Å². The highest BCUT2D eigenvalue weighted by Gasteiger charge is 2.10. The molecule has 0 amide bonds. The van der Waals surface area contributed by atoms with E-state index in [0.29, 0.717) is 11.5 Å². The van der Waals surface area contributed by atoms with Crippen molar-refractivity contribution in [2.45, 2.75) is 39.5 Å². The summed E-state index contributed by atoms with van der Waals surface area (Å²) in [5.74, 6) is 1.41. The highest BCUT2D eigenvalue weighted by Crippen LogP contribution is 2.29. The summed E-state index contributed by atoms with van der Waals surface area (Å²) in [6.07, 6.45) is 4.64. The van der Waals surface area contributed by atoms with Gasteiger partial charge in [-0.15, -0.1) is 0 Å². The summed E-state index contributed by atoms with van der Waals surface area (Å²) in [6, 6.07) is 5.74. The molecular formula is C17H28N2O2S. The largest absolute Gasteiger partial charge is 0.493 e. The molecule has 1 rings (SSSR count). The number of nitrogens with one attached hydrogen (secondary N) is 1. The molecule has 0 fully saturated rings. The first-order chi connectivity index (χ1) is 10.7. The molecule has 4 nitrogen and oxygen atoms in total. The highest BCUT2D eigenvalue weighted by molar-refractivity contribution is 7.80. The lowest BCUT2D eigenvalue weighted by Crippen LogP contribution is -2.36. The van der Waals surface area contributed by atoms with Gasteiger partial charge in [0.25, 0.3) is 0 Å². The van der Waals surface area contributed by atoms with Gasteiger partial charge in [-0.05, 0) is 37.2 Å². The van der Waals surface area contributed by atoms with Gasteiger partial charge in [0.15, 0.2) is 16.6 Å². The molecule has 0 atom stereocenters. The van der Waals surface area contributed by atoms with E-state index < -0.39 is 0 Å². The van der Waals surface area contributed by atoms with Gasteiger partial charge in [0.2, 0.25) is 0 Å². The normalized spacial score (nSPS) is 10.2. The maximum absolute atomic E-state index is 5.57. The third kappa shape index (κ3) is 5.72. The molecule has 124 valence electrons. The fraction of sp³-hybridized carbons (Fsp3) is 0.588. The average Bonchev–Trinajstić information content (AvgIpc) is 2.54. The van der Waals surface area contributed by atoms with E-state index in [1.54, 1.807) is 14.2 Å². The molecule has 0 radical (unpaired) electrons. The number of rotatable bonds is 9. The zero-order valence-corrected chi connectivity index (χ0v) is 15.0. The second-order valence-electron chi connectivity index (χ2n) is 5.19. The van der Waals surface area contributed by atoms with Crippen LogP contribution in [0.1, 0.15) is 39.5 Å². The Morgan fingerprint density at radius 1 is 1.05 bits per heavy atom. The van der Waals surface area contributed by atoms with Gasteiger partial charge >= 0.3 is 0 Å². The van der Waals surface area contributed by atoms with Crippen LogP contribution in [0.4, 0.5) is 5.69 Å². The Bertz CT molecular complexity index is 458. The lowest BCUT2D eigenvalue weighted by atomic mass is 10.2. The number of ether oxygens (including phenoxy) is 2. The highest BCUT2D eigenvalue weighted by atomic mass is 32.1. The molecule has 0 aliphatic rings. The Kier molecular flexibility index (Phi) is 8.67. The zero-order chi connectivity index (χ0) is 16.4. The molecule has 0 aliphatic heterocycles. The predicted molar refractivity (Wildman–Crippen MR) is 97.2 cm³/mol. The quantitative estimate of drug-likeness (QED) is 0.685. The van der Waals surface area contributed by atoms with E-state index in [9.17, 15) is 0 Å². The van der Waals surface area contributed by atoms with Gasteiger partial charge < -0.3 is 19.7 Å². The van der Waals surface area contributed by atoms with Crippen LogP contribution in [0.15, 0.2) is 18.2 Å². The van der Waals surface area contributed by atoms with Gasteiger partial charge in [0.1, 0.15) is 0 Å². The molecule has 1 N–H and O–H groups in total. The number of benzene rings is 1. The lowest BCUT2D eigenvalue weighted by molar-refractivity contribution is 0.355. The molecule has 1 aromatic carbocycles. The van der Waals surface area contributed by atoms with E-state index in [4.69, 9.17) is 21.7 Å². The van der Waals surface area contributed by atoms with Crippen molar-refractivity contribution in [2.24, 2.45) is 0 Å². The molecule has 0 saturated carbocycles. The monoisotopic (exact) mass is 324 g/mol. The first kappa shape index (κ1) is 18.6. The van der Waals surface area contributed by atoms with Crippen molar-refractivity contribution in [1.82, 2.24) is 4.90 Å². The first-order valence-corrected chi connectivity index (χ1v) is 8.35. The Morgan fingerprint density at radius 3 is 2.14 bits per heavy atom. The van der Waals surface area contributed by atoms with Crippen molar-refractivity contribution in [3.8, 4) is 11.5 Å². The number of anilines is 1. The van der Waals surface area contributed by atoms with Crippen molar-refractivity contribution in [3.63, 3.8) is 0 Å². The van der Waals surface area contributed by atoms with Crippen molar-refractivity contribution in [1.29, 1.82) is 0 Å². The van der Waals surface area contributed by atoms with Gasteiger partial charge in [-0.1, -0.05) is 26.7 Å². The van der Waals surface area contributed by atoms with Crippen LogP contribution in [0.2, 0.25) is 0 Å². The molecule has 0 unspecified atom stereocenters. The minimum absolute atomic E-state index is 0.698. The predicted octanol–water partition coefficient (Wildman–Crippen LogP) is 4.30. The third-order valence-corrected chi connectivity index (χ3v) is 3.85. The van der Waals surface area contributed by atoms with Crippen molar-refractivity contribution < 1.29 is 9.47 Å². The van der Waals surface area contributed by atoms with Crippen LogP contribution in [0.5, 0.6) is 11.5 Å². The summed E-state index contributed by atoms with van der Waals surface area (Å²) in [6.45, 7) is 6.39. The molecule has 0 bridgehead atoms. The zero-order valence-electron chi connectivity index (χ0n) is 14.1. The van der Waals surface area contributed by atoms with E-state index in [2.05, 4.69) is 24.1 Å². The van der Waals surface area contributed by atoms with Gasteiger partial charge in [-0.2, -0.15) is 0 Å². The molecule has 0 heterocycles. The smallest absolute Gasteiger partial charge is 0.173 e. The number of hydrogen-bond acceptors (Lipinski definition) is 3. The number of thiocarbonyl (C=S) groups is 1. The second kappa shape index (κ2) is 10.3. The Balaban J connectivity index is 2.74. The summed E-state index contributed by atoms with van der Waals surface area (Å²) in [4.78, 5) is 2.25. The summed E-state index contributed by atoms with van der Waals surface area (Å²) < 4.78 is 10.6. The van der Waals surface area contributed by atoms with Crippen LogP contribution < -0.4 is 14.8 Å². The van der Waals surface area contributed by atoms with Gasteiger partial charge in [0.05, 0.1) is 14.2 Å². The number of nitrogens with zero attached hydrogens (tertiary/aromatic N) is 1. The van der Waals surface area contributed by atoms with Crippen molar-refractivity contribution >= 4 is 23.0 Å². The summed E-state index contributed by atoms with van der Waals surface area (Å²) >= 11 is 5.57. The van der Waals surface area contributed by atoms with Crippen LogP contribution in [-0.2, 0) is 0 Å². The van der Waals surface area contributed by atoms with Gasteiger partial charge in [-0.3, -0.25) is 0 Å². The fourth-order valence-corrected chi connectivity index (χ4v) is 2.43. The van der Waals surface area contributed by atoms with E-state index in [-0.39, 0.29) is 0 Å². The minimum Gasteiger partial charge on any atom is -0.493 e. The standard InChI is InChI=1S/C17H28N2O2S/c1-5-7-11-19(12-8-6-2)17(22)18-14-9-10-15(20-3)16(13-14)21-4/h9-10,13H,5-8,11-12H2,1-4H3,(H,18,22). The lowest BCUT2D eigenvalue weighted by Gasteiger charge is -2.26. The minimum atomic E-state index is 0.698. The van der Waals surface area contributed by atoms with Crippen LogP contribution in [-0.4, -0.2) is 37.3 Å². The van der Waals surface area contributed by atoms with Crippen LogP contribution in [0, 0.1) is 0 Å².